The lowest BCUT2D eigenvalue weighted by Crippen LogP contribution is -2.31. The van der Waals surface area contributed by atoms with E-state index in [2.05, 4.69) is 0 Å². The molecule has 13 heavy (non-hydrogen) atoms. The monoisotopic (exact) mass is 182 g/mol. The lowest BCUT2D eigenvalue weighted by molar-refractivity contribution is -0.144. The zero-order valence-corrected chi connectivity index (χ0v) is 8.04. The molecule has 0 aromatic heterocycles. The molecule has 0 amide bonds. The Kier molecular flexibility index (Phi) is 2.56. The van der Waals surface area contributed by atoms with Gasteiger partial charge in [-0.1, -0.05) is 25.7 Å². The van der Waals surface area contributed by atoms with Crippen molar-refractivity contribution in [1.29, 1.82) is 0 Å². The van der Waals surface area contributed by atoms with Crippen molar-refractivity contribution in [2.75, 3.05) is 0 Å². The molecule has 2 saturated carbocycles. The van der Waals surface area contributed by atoms with Gasteiger partial charge in [-0.05, 0) is 31.1 Å². The third kappa shape index (κ3) is 1.87. The van der Waals surface area contributed by atoms with Crippen LogP contribution in [0.25, 0.3) is 0 Å². The SMILES string of the molecule is O=C(O)[C@@H]1CC[C@@H]2CCCC[C@H]2C1. The third-order valence-electron chi connectivity index (χ3n) is 3.89. The highest BCUT2D eigenvalue weighted by Crippen LogP contribution is 2.42. The predicted molar refractivity (Wildman–Crippen MR) is 50.4 cm³/mol. The van der Waals surface area contributed by atoms with Crippen molar-refractivity contribution in [1.82, 2.24) is 0 Å². The minimum Gasteiger partial charge on any atom is -0.481 e. The van der Waals surface area contributed by atoms with Crippen molar-refractivity contribution >= 4 is 5.97 Å². The highest BCUT2D eigenvalue weighted by Gasteiger charge is 2.34. The Bertz CT molecular complexity index is 200. The molecule has 2 heteroatoms. The Hall–Kier alpha value is -0.530. The van der Waals surface area contributed by atoms with Gasteiger partial charge in [-0.25, -0.2) is 0 Å². The van der Waals surface area contributed by atoms with Gasteiger partial charge in [-0.2, -0.15) is 0 Å². The van der Waals surface area contributed by atoms with Gasteiger partial charge in [0.15, 0.2) is 0 Å². The summed E-state index contributed by atoms with van der Waals surface area (Å²) in [6, 6.07) is 0. The molecule has 0 unspecified atom stereocenters. The van der Waals surface area contributed by atoms with Gasteiger partial charge in [0.1, 0.15) is 0 Å². The van der Waals surface area contributed by atoms with E-state index < -0.39 is 5.97 Å². The van der Waals surface area contributed by atoms with Crippen molar-refractivity contribution in [3.63, 3.8) is 0 Å². The molecule has 2 nitrogen and oxygen atoms in total. The summed E-state index contributed by atoms with van der Waals surface area (Å²) in [5.74, 6) is 1.01. The smallest absolute Gasteiger partial charge is 0.306 e. The van der Waals surface area contributed by atoms with Crippen LogP contribution in [-0.4, -0.2) is 11.1 Å². The Balaban J connectivity index is 1.95. The number of aliphatic carboxylic acids is 1. The number of carboxylic acids is 1. The second-order valence-electron chi connectivity index (χ2n) is 4.65. The molecule has 0 aromatic carbocycles. The molecule has 2 rings (SSSR count). The molecule has 0 bridgehead atoms. The van der Waals surface area contributed by atoms with E-state index in [1.807, 2.05) is 0 Å². The van der Waals surface area contributed by atoms with E-state index in [9.17, 15) is 4.79 Å². The molecule has 2 aliphatic carbocycles. The van der Waals surface area contributed by atoms with Gasteiger partial charge in [-0.3, -0.25) is 4.79 Å². The number of carbonyl (C=O) groups is 1. The number of hydrogen-bond donors (Lipinski definition) is 1. The first kappa shape index (κ1) is 9.04. The summed E-state index contributed by atoms with van der Waals surface area (Å²) in [6.45, 7) is 0. The third-order valence-corrected chi connectivity index (χ3v) is 3.89. The number of hydrogen-bond acceptors (Lipinski definition) is 1. The van der Waals surface area contributed by atoms with Gasteiger partial charge < -0.3 is 5.11 Å². The normalized spacial score (nSPS) is 39.5. The standard InChI is InChI=1S/C11H18O2/c12-11(13)10-6-5-8-3-1-2-4-9(8)7-10/h8-10H,1-7H2,(H,12,13)/t8-,9-,10+/m0/s1. The molecule has 0 spiro atoms. The van der Waals surface area contributed by atoms with E-state index in [0.717, 1.165) is 24.7 Å². The summed E-state index contributed by atoms with van der Waals surface area (Å²) in [7, 11) is 0. The van der Waals surface area contributed by atoms with Gasteiger partial charge in [0.05, 0.1) is 5.92 Å². The molecule has 2 fully saturated rings. The molecule has 0 aliphatic heterocycles. The van der Waals surface area contributed by atoms with Crippen LogP contribution in [0.3, 0.4) is 0 Å². The first-order valence-electron chi connectivity index (χ1n) is 5.50. The molecule has 0 heterocycles. The highest BCUT2D eigenvalue weighted by molar-refractivity contribution is 5.70. The second kappa shape index (κ2) is 3.69. The fraction of sp³-hybridized carbons (Fsp3) is 0.909. The average Bonchev–Trinajstić information content (AvgIpc) is 2.17. The molecule has 2 aliphatic rings. The number of fused-ring (bicyclic) bond motifs is 1. The summed E-state index contributed by atoms with van der Waals surface area (Å²) in [5, 5.41) is 8.93. The van der Waals surface area contributed by atoms with Crippen molar-refractivity contribution in [3.05, 3.63) is 0 Å². The summed E-state index contributed by atoms with van der Waals surface area (Å²) in [4.78, 5) is 10.8. The predicted octanol–water partition coefficient (Wildman–Crippen LogP) is 2.68. The fourth-order valence-corrected chi connectivity index (χ4v) is 3.10. The van der Waals surface area contributed by atoms with Crippen LogP contribution >= 0.6 is 0 Å². The summed E-state index contributed by atoms with van der Waals surface area (Å²) in [6.07, 6.45) is 8.40. The average molecular weight is 182 g/mol. The Labute approximate surface area is 79.3 Å². The molecule has 1 N–H and O–H groups in total. The lowest BCUT2D eigenvalue weighted by atomic mass is 9.67. The molecule has 3 atom stereocenters. The summed E-state index contributed by atoms with van der Waals surface area (Å²) >= 11 is 0. The Morgan fingerprint density at radius 1 is 1.00 bits per heavy atom. The van der Waals surface area contributed by atoms with Gasteiger partial charge in [0.25, 0.3) is 0 Å². The Morgan fingerprint density at radius 2 is 1.69 bits per heavy atom. The zero-order valence-electron chi connectivity index (χ0n) is 8.04. The van der Waals surface area contributed by atoms with Gasteiger partial charge >= 0.3 is 5.97 Å². The van der Waals surface area contributed by atoms with Crippen LogP contribution in [0.2, 0.25) is 0 Å². The van der Waals surface area contributed by atoms with Crippen molar-refractivity contribution in [2.45, 2.75) is 44.9 Å². The molecule has 0 saturated heterocycles. The Morgan fingerprint density at radius 3 is 2.38 bits per heavy atom. The van der Waals surface area contributed by atoms with Crippen molar-refractivity contribution in [3.8, 4) is 0 Å². The van der Waals surface area contributed by atoms with E-state index in [0.29, 0.717) is 0 Å². The maximum Gasteiger partial charge on any atom is 0.306 e. The molecule has 0 aromatic rings. The largest absolute Gasteiger partial charge is 0.481 e. The van der Waals surface area contributed by atoms with Gasteiger partial charge in [0.2, 0.25) is 0 Å². The van der Waals surface area contributed by atoms with Gasteiger partial charge in [0, 0.05) is 0 Å². The van der Waals surface area contributed by atoms with E-state index in [4.69, 9.17) is 5.11 Å². The van der Waals surface area contributed by atoms with Crippen molar-refractivity contribution < 1.29 is 9.90 Å². The molecule has 0 radical (unpaired) electrons. The van der Waals surface area contributed by atoms with E-state index in [-0.39, 0.29) is 5.92 Å². The molecular weight excluding hydrogens is 164 g/mol. The van der Waals surface area contributed by atoms with Crippen LogP contribution in [0, 0.1) is 17.8 Å². The maximum atomic E-state index is 10.8. The fourth-order valence-electron chi connectivity index (χ4n) is 3.10. The zero-order chi connectivity index (χ0) is 9.26. The maximum absolute atomic E-state index is 10.8. The first-order valence-corrected chi connectivity index (χ1v) is 5.50. The summed E-state index contributed by atoms with van der Waals surface area (Å²) in [5.41, 5.74) is 0. The first-order chi connectivity index (χ1) is 6.27. The molecule has 74 valence electrons. The minimum atomic E-state index is -0.566. The number of rotatable bonds is 1. The quantitative estimate of drug-likeness (QED) is 0.677. The second-order valence-corrected chi connectivity index (χ2v) is 4.65. The summed E-state index contributed by atoms with van der Waals surface area (Å²) < 4.78 is 0. The van der Waals surface area contributed by atoms with E-state index in [1.54, 1.807) is 0 Å². The topological polar surface area (TPSA) is 37.3 Å². The van der Waals surface area contributed by atoms with Crippen LogP contribution < -0.4 is 0 Å². The van der Waals surface area contributed by atoms with Crippen LogP contribution in [-0.2, 0) is 4.79 Å². The van der Waals surface area contributed by atoms with E-state index >= 15 is 0 Å². The van der Waals surface area contributed by atoms with Crippen LogP contribution in [0.4, 0.5) is 0 Å². The van der Waals surface area contributed by atoms with E-state index in [1.165, 1.54) is 32.1 Å². The highest BCUT2D eigenvalue weighted by atomic mass is 16.4. The van der Waals surface area contributed by atoms with Gasteiger partial charge in [-0.15, -0.1) is 0 Å². The lowest BCUT2D eigenvalue weighted by Gasteiger charge is -2.37. The van der Waals surface area contributed by atoms with Crippen LogP contribution in [0.5, 0.6) is 0 Å². The van der Waals surface area contributed by atoms with Crippen LogP contribution in [0.15, 0.2) is 0 Å². The van der Waals surface area contributed by atoms with Crippen LogP contribution in [0.1, 0.15) is 44.9 Å². The molecular formula is C11H18O2. The number of carboxylic acid groups (broad SMARTS) is 1. The van der Waals surface area contributed by atoms with Crippen molar-refractivity contribution in [2.24, 2.45) is 17.8 Å². The minimum absolute atomic E-state index is 0.0284.